The van der Waals surface area contributed by atoms with E-state index in [2.05, 4.69) is 4.98 Å². The van der Waals surface area contributed by atoms with Crippen LogP contribution in [0.2, 0.25) is 0 Å². The minimum atomic E-state index is 0.224. The van der Waals surface area contributed by atoms with Gasteiger partial charge in [-0.1, -0.05) is 0 Å². The molecule has 5 nitrogen and oxygen atoms in total. The van der Waals surface area contributed by atoms with Gasteiger partial charge >= 0.3 is 0 Å². The molecule has 0 unspecified atom stereocenters. The molecule has 0 aromatic carbocycles. The fraction of sp³-hybridized carbons (Fsp3) is 0.250. The van der Waals surface area contributed by atoms with Crippen LogP contribution in [0.5, 0.6) is 0 Å². The second-order valence-electron chi connectivity index (χ2n) is 3.78. The fourth-order valence-corrected chi connectivity index (χ4v) is 1.86. The Morgan fingerprint density at radius 1 is 1.47 bits per heavy atom. The summed E-state index contributed by atoms with van der Waals surface area (Å²) in [6.45, 7) is 5.33. The minimum absolute atomic E-state index is 0.224. The standard InChI is InChI=1S/C12H11N3O2/c1-7-4-10(6-16)8(2)15(7)12-11(5-13)14-9(3)17-12/h4,6H,1-3H3. The zero-order valence-corrected chi connectivity index (χ0v) is 9.81. The van der Waals surface area contributed by atoms with E-state index in [0.29, 0.717) is 17.3 Å². The van der Waals surface area contributed by atoms with Gasteiger partial charge in [-0.15, -0.1) is 0 Å². The number of aldehydes is 1. The van der Waals surface area contributed by atoms with E-state index < -0.39 is 0 Å². The van der Waals surface area contributed by atoms with Gasteiger partial charge in [0.05, 0.1) is 0 Å². The second kappa shape index (κ2) is 3.91. The lowest BCUT2D eigenvalue weighted by Gasteiger charge is -2.04. The van der Waals surface area contributed by atoms with Gasteiger partial charge in [-0.3, -0.25) is 9.36 Å². The Morgan fingerprint density at radius 3 is 2.71 bits per heavy atom. The summed E-state index contributed by atoms with van der Waals surface area (Å²) < 4.78 is 7.15. The highest BCUT2D eigenvalue weighted by Gasteiger charge is 2.18. The fourth-order valence-electron chi connectivity index (χ4n) is 1.86. The molecular weight excluding hydrogens is 218 g/mol. The first-order chi connectivity index (χ1) is 8.08. The van der Waals surface area contributed by atoms with Crippen LogP contribution in [0.1, 0.15) is 33.3 Å². The molecule has 0 N–H and O–H groups in total. The van der Waals surface area contributed by atoms with Gasteiger partial charge in [0.15, 0.2) is 12.2 Å². The first-order valence-corrected chi connectivity index (χ1v) is 5.10. The van der Waals surface area contributed by atoms with Gasteiger partial charge in [0, 0.05) is 23.9 Å². The Hall–Kier alpha value is -2.35. The summed E-state index contributed by atoms with van der Waals surface area (Å²) >= 11 is 0. The summed E-state index contributed by atoms with van der Waals surface area (Å²) in [6.07, 6.45) is 0.786. The van der Waals surface area contributed by atoms with Crippen molar-refractivity contribution in [2.24, 2.45) is 0 Å². The van der Waals surface area contributed by atoms with Crippen LogP contribution in [0.4, 0.5) is 0 Å². The molecule has 0 saturated carbocycles. The summed E-state index contributed by atoms with van der Waals surface area (Å²) in [6, 6.07) is 3.73. The molecule has 0 aliphatic carbocycles. The van der Waals surface area contributed by atoms with Gasteiger partial charge in [-0.2, -0.15) is 5.26 Å². The van der Waals surface area contributed by atoms with Crippen LogP contribution in [-0.2, 0) is 0 Å². The van der Waals surface area contributed by atoms with E-state index in [9.17, 15) is 4.79 Å². The summed E-state index contributed by atoms with van der Waals surface area (Å²) in [5, 5.41) is 8.98. The highest BCUT2D eigenvalue weighted by Crippen LogP contribution is 2.23. The largest absolute Gasteiger partial charge is 0.423 e. The molecule has 0 aliphatic heterocycles. The third-order valence-electron chi connectivity index (χ3n) is 2.62. The highest BCUT2D eigenvalue weighted by atomic mass is 16.4. The van der Waals surface area contributed by atoms with E-state index in [4.69, 9.17) is 9.68 Å². The quantitative estimate of drug-likeness (QED) is 0.739. The van der Waals surface area contributed by atoms with Crippen LogP contribution < -0.4 is 0 Å². The maximum Gasteiger partial charge on any atom is 0.243 e. The number of aromatic nitrogens is 2. The molecule has 2 rings (SSSR count). The van der Waals surface area contributed by atoms with Crippen molar-refractivity contribution in [1.82, 2.24) is 9.55 Å². The van der Waals surface area contributed by atoms with E-state index in [1.165, 1.54) is 0 Å². The molecular formula is C12H11N3O2. The topological polar surface area (TPSA) is 71.8 Å². The van der Waals surface area contributed by atoms with Crippen LogP contribution in [-0.4, -0.2) is 15.8 Å². The number of aryl methyl sites for hydroxylation is 2. The number of hydrogen-bond donors (Lipinski definition) is 0. The van der Waals surface area contributed by atoms with E-state index in [1.54, 1.807) is 24.5 Å². The molecule has 0 aliphatic rings. The van der Waals surface area contributed by atoms with Crippen molar-refractivity contribution < 1.29 is 9.21 Å². The number of carbonyl (C=O) groups is 1. The van der Waals surface area contributed by atoms with Crippen molar-refractivity contribution in [2.75, 3.05) is 0 Å². The molecule has 0 saturated heterocycles. The number of nitriles is 1. The molecule has 2 heterocycles. The maximum absolute atomic E-state index is 10.9. The smallest absolute Gasteiger partial charge is 0.243 e. The molecule has 2 aromatic rings. The molecule has 0 atom stereocenters. The van der Waals surface area contributed by atoms with Crippen LogP contribution in [0, 0.1) is 32.1 Å². The van der Waals surface area contributed by atoms with Gasteiger partial charge in [-0.05, 0) is 19.9 Å². The molecule has 0 bridgehead atoms. The van der Waals surface area contributed by atoms with Crippen LogP contribution in [0.25, 0.3) is 5.88 Å². The number of carbonyl (C=O) groups excluding carboxylic acids is 1. The van der Waals surface area contributed by atoms with E-state index >= 15 is 0 Å². The number of rotatable bonds is 2. The van der Waals surface area contributed by atoms with Crippen LogP contribution in [0.15, 0.2) is 10.5 Å². The molecule has 0 radical (unpaired) electrons. The van der Waals surface area contributed by atoms with E-state index in [-0.39, 0.29) is 5.69 Å². The van der Waals surface area contributed by atoms with Gasteiger partial charge in [0.1, 0.15) is 6.07 Å². The predicted molar refractivity (Wildman–Crippen MR) is 60.1 cm³/mol. The minimum Gasteiger partial charge on any atom is -0.423 e. The Balaban J connectivity index is 2.72. The van der Waals surface area contributed by atoms with Crippen LogP contribution >= 0.6 is 0 Å². The molecule has 2 aromatic heterocycles. The zero-order valence-electron chi connectivity index (χ0n) is 9.81. The van der Waals surface area contributed by atoms with Gasteiger partial charge in [0.2, 0.25) is 11.6 Å². The lowest BCUT2D eigenvalue weighted by Crippen LogP contribution is -2.00. The molecule has 5 heteroatoms. The third kappa shape index (κ3) is 1.64. The number of oxazole rings is 1. The first kappa shape index (κ1) is 11.1. The predicted octanol–water partition coefficient (Wildman–Crippen LogP) is 2.07. The molecule has 17 heavy (non-hydrogen) atoms. The normalized spacial score (nSPS) is 10.2. The number of nitrogens with zero attached hydrogens (tertiary/aromatic N) is 3. The average molecular weight is 229 g/mol. The van der Waals surface area contributed by atoms with Crippen LogP contribution in [0.3, 0.4) is 0 Å². The SMILES string of the molecule is Cc1nc(C#N)c(-n2c(C)cc(C=O)c2C)o1. The summed E-state index contributed by atoms with van der Waals surface area (Å²) in [5.41, 5.74) is 2.38. The summed E-state index contributed by atoms with van der Waals surface area (Å²) in [5.74, 6) is 0.796. The lowest BCUT2D eigenvalue weighted by molar-refractivity contribution is 0.112. The molecule has 0 spiro atoms. The van der Waals surface area contributed by atoms with E-state index in [1.807, 2.05) is 13.0 Å². The van der Waals surface area contributed by atoms with Gasteiger partial charge in [-0.25, -0.2) is 4.98 Å². The molecule has 0 amide bonds. The van der Waals surface area contributed by atoms with Gasteiger partial charge in [0.25, 0.3) is 0 Å². The third-order valence-corrected chi connectivity index (χ3v) is 2.62. The highest BCUT2D eigenvalue weighted by molar-refractivity contribution is 5.77. The van der Waals surface area contributed by atoms with Crippen molar-refractivity contribution in [3.05, 3.63) is 34.6 Å². The second-order valence-corrected chi connectivity index (χ2v) is 3.78. The Labute approximate surface area is 98.3 Å². The number of hydrogen-bond acceptors (Lipinski definition) is 4. The summed E-state index contributed by atoms with van der Waals surface area (Å²) in [4.78, 5) is 14.8. The Morgan fingerprint density at radius 2 is 2.18 bits per heavy atom. The van der Waals surface area contributed by atoms with Crippen molar-refractivity contribution in [3.63, 3.8) is 0 Å². The Kier molecular flexibility index (Phi) is 2.56. The van der Waals surface area contributed by atoms with Gasteiger partial charge < -0.3 is 4.42 Å². The maximum atomic E-state index is 10.9. The van der Waals surface area contributed by atoms with Crippen molar-refractivity contribution in [2.45, 2.75) is 20.8 Å². The zero-order chi connectivity index (χ0) is 12.6. The van der Waals surface area contributed by atoms with Crippen molar-refractivity contribution in [1.29, 1.82) is 5.26 Å². The monoisotopic (exact) mass is 229 g/mol. The van der Waals surface area contributed by atoms with Crippen molar-refractivity contribution >= 4 is 6.29 Å². The molecule has 0 fully saturated rings. The van der Waals surface area contributed by atoms with E-state index in [0.717, 1.165) is 17.7 Å². The lowest BCUT2D eigenvalue weighted by atomic mass is 10.3. The average Bonchev–Trinajstić information content (AvgIpc) is 2.79. The molecule has 86 valence electrons. The van der Waals surface area contributed by atoms with Crippen molar-refractivity contribution in [3.8, 4) is 12.0 Å². The Bertz CT molecular complexity index is 629. The summed E-state index contributed by atoms with van der Waals surface area (Å²) in [7, 11) is 0. The first-order valence-electron chi connectivity index (χ1n) is 5.10.